The van der Waals surface area contributed by atoms with Crippen molar-refractivity contribution in [2.24, 2.45) is 0 Å². The lowest BCUT2D eigenvalue weighted by Crippen LogP contribution is -2.15. The summed E-state index contributed by atoms with van der Waals surface area (Å²) in [7, 11) is -15.6. The Bertz CT molecular complexity index is 5900. The van der Waals surface area contributed by atoms with Crippen molar-refractivity contribution in [3.05, 3.63) is 193 Å². The highest BCUT2D eigenvalue weighted by molar-refractivity contribution is 7.87. The summed E-state index contributed by atoms with van der Waals surface area (Å²) in [6.45, 7) is 6.68. The molecule has 0 aliphatic rings. The number of benzene rings is 4. The van der Waals surface area contributed by atoms with E-state index in [2.05, 4.69) is 65.6 Å². The van der Waals surface area contributed by atoms with E-state index in [1.807, 2.05) is 27.7 Å². The first-order valence-corrected chi connectivity index (χ1v) is 36.6. The van der Waals surface area contributed by atoms with Crippen LogP contribution in [0.3, 0.4) is 0 Å². The first kappa shape index (κ1) is 70.3. The number of hydrogen-bond acceptors (Lipinski definition) is 30. The number of hydrogen-bond donors (Lipinski definition) is 4. The fraction of sp³-hybridized carbons (Fsp3) is 0.156. The number of furan rings is 3. The predicted octanol–water partition coefficient (Wildman–Crippen LogP) is 7.32. The molecule has 0 saturated heterocycles. The second-order valence-electron chi connectivity index (χ2n) is 22.6. The third kappa shape index (κ3) is 15.2. The molecule has 40 heteroatoms. The molecule has 7 N–H and O–H groups in total. The smallest absolute Gasteiger partial charge is 0.297 e. The Balaban J connectivity index is 0.000000126. The Kier molecular flexibility index (Phi) is 19.6. The molecule has 534 valence electrons. The van der Waals surface area contributed by atoms with Crippen LogP contribution < -0.4 is 17.2 Å². The lowest BCUT2D eigenvalue weighted by atomic mass is 10.2. The van der Waals surface area contributed by atoms with Crippen LogP contribution in [-0.2, 0) is 70.3 Å². The second kappa shape index (κ2) is 29.0. The van der Waals surface area contributed by atoms with Crippen molar-refractivity contribution in [3.63, 3.8) is 0 Å². The highest BCUT2D eigenvalue weighted by Crippen LogP contribution is 2.28. The minimum absolute atomic E-state index is 0.00879. The lowest BCUT2D eigenvalue weighted by Gasteiger charge is -2.08. The van der Waals surface area contributed by atoms with Crippen molar-refractivity contribution in [1.82, 2.24) is 88.5 Å². The van der Waals surface area contributed by atoms with Gasteiger partial charge in [0.05, 0.1) is 113 Å². The molecule has 0 fully saturated rings. The van der Waals surface area contributed by atoms with Crippen molar-refractivity contribution < 1.29 is 63.7 Å². The molecule has 12 heterocycles. The summed E-state index contributed by atoms with van der Waals surface area (Å²) >= 11 is 0. The SMILES string of the molecule is Cc1ccc(S(=O)(=O)OCCOS(=O)(=O)c2ccc(C)cc2)cc1.Cc1ccc(S(=O)(=O)OCCn2ncc3c2nc(N)n2nc(-c4ccco4)nc32)cc1.Cc1ccc(S(=O)(=O)OCCn2ncc3c2nc(N)n2nc(-c4ccco4)nc32)cc1.Nc1nc2[nH]ncc2c2nc(-c3ccco3)nn12. The van der Waals surface area contributed by atoms with E-state index in [9.17, 15) is 33.7 Å². The number of H-pyrrole nitrogens is 1. The maximum atomic E-state index is 12.4. The fourth-order valence-electron chi connectivity index (χ4n) is 9.95. The average molecular weight is 1490 g/mol. The number of nitrogen functional groups attached to an aromatic ring is 3. The van der Waals surface area contributed by atoms with Crippen LogP contribution in [0, 0.1) is 27.7 Å². The van der Waals surface area contributed by atoms with Crippen molar-refractivity contribution >= 4 is 108 Å². The summed E-state index contributed by atoms with van der Waals surface area (Å²) in [5, 5.41) is 30.1. The first-order valence-electron chi connectivity index (χ1n) is 30.9. The zero-order valence-corrected chi connectivity index (χ0v) is 58.3. The number of nitrogens with zero attached hydrogens (tertiary/aromatic N) is 17. The number of nitrogens with two attached hydrogens (primary N) is 3. The van der Waals surface area contributed by atoms with Gasteiger partial charge < -0.3 is 30.5 Å². The summed E-state index contributed by atoms with van der Waals surface area (Å²) < 4.78 is 140. The minimum atomic E-state index is -3.94. The number of aromatic amines is 1. The molecule has 0 atom stereocenters. The monoisotopic (exact) mass is 1490 g/mol. The molecular weight excluding hydrogens is 1430 g/mol. The second-order valence-corrected chi connectivity index (χ2v) is 29.0. The maximum absolute atomic E-state index is 12.4. The molecule has 104 heavy (non-hydrogen) atoms. The molecule has 0 spiro atoms. The molecule has 36 nitrogen and oxygen atoms in total. The largest absolute Gasteiger partial charge is 0.461 e. The van der Waals surface area contributed by atoms with Gasteiger partial charge in [-0.3, -0.25) is 21.8 Å². The molecule has 0 unspecified atom stereocenters. The highest BCUT2D eigenvalue weighted by atomic mass is 32.2. The van der Waals surface area contributed by atoms with Crippen LogP contribution in [0.25, 0.3) is 84.8 Å². The normalized spacial score (nSPS) is 12.1. The van der Waals surface area contributed by atoms with Gasteiger partial charge in [-0.15, -0.1) is 15.3 Å². The van der Waals surface area contributed by atoms with E-state index >= 15 is 0 Å². The van der Waals surface area contributed by atoms with Crippen LogP contribution in [0.2, 0.25) is 0 Å². The molecular formula is C64H59N21O15S4. The van der Waals surface area contributed by atoms with Gasteiger partial charge in [0.25, 0.3) is 40.5 Å². The Morgan fingerprint density at radius 2 is 0.683 bits per heavy atom. The number of aromatic nitrogens is 18. The fourth-order valence-corrected chi connectivity index (χ4v) is 13.5. The van der Waals surface area contributed by atoms with Crippen LogP contribution >= 0.6 is 0 Å². The standard InChI is InChI=1S/2C19H17N7O4S.C16H18O6S2.C10H7N7O/c2*1-12-4-6-13(7-5-12)31(27,28)30-10-8-25-17-14(11-21-25)18-22-16(15-3-2-9-29-15)24-26(18)19(20)23-17;1-13-3-7-15(8-4-13)23(17,18)21-11-12-22-24(19,20)16-9-5-14(2)6-10-16;11-10-14-7-5(4-12-15-7)9-13-8(16-17(9)10)6-2-1-3-18-6/h2*2-7,9,11H,8,10H2,1H3,(H2,20,23);3-10H,11-12H2,1-2H3;1-4H,(H3,11,12,14,15). The van der Waals surface area contributed by atoms with Crippen molar-refractivity contribution in [2.45, 2.75) is 60.4 Å². The quantitative estimate of drug-likeness (QED) is 0.0429. The first-order chi connectivity index (χ1) is 49.9. The molecule has 0 amide bonds. The predicted molar refractivity (Wildman–Crippen MR) is 372 cm³/mol. The number of aryl methyl sites for hydroxylation is 4. The van der Waals surface area contributed by atoms with Gasteiger partial charge in [-0.2, -0.15) is 77.5 Å². The lowest BCUT2D eigenvalue weighted by molar-refractivity contribution is 0.224. The van der Waals surface area contributed by atoms with Crippen molar-refractivity contribution in [2.75, 3.05) is 43.6 Å². The van der Waals surface area contributed by atoms with E-state index < -0.39 is 53.7 Å². The van der Waals surface area contributed by atoms with E-state index in [0.29, 0.717) is 79.4 Å². The Labute approximate surface area is 589 Å². The third-order valence-electron chi connectivity index (χ3n) is 15.2. The van der Waals surface area contributed by atoms with Gasteiger partial charge >= 0.3 is 0 Å². The van der Waals surface area contributed by atoms with Gasteiger partial charge in [0.1, 0.15) is 0 Å². The molecule has 0 aliphatic heterocycles. The molecule has 0 aliphatic carbocycles. The topological polar surface area (TPSA) is 485 Å². The summed E-state index contributed by atoms with van der Waals surface area (Å²) in [6, 6.07) is 35.7. The van der Waals surface area contributed by atoms with Crippen LogP contribution in [0.1, 0.15) is 22.3 Å². The number of nitrogens with one attached hydrogen (secondary N) is 1. The highest BCUT2D eigenvalue weighted by Gasteiger charge is 2.24. The van der Waals surface area contributed by atoms with Gasteiger partial charge in [0, 0.05) is 0 Å². The van der Waals surface area contributed by atoms with Crippen LogP contribution in [0.4, 0.5) is 17.8 Å². The van der Waals surface area contributed by atoms with E-state index in [1.54, 1.807) is 110 Å². The summed E-state index contributed by atoms with van der Waals surface area (Å²) in [5.74, 6) is 3.24. The van der Waals surface area contributed by atoms with E-state index in [-0.39, 0.29) is 63.7 Å². The van der Waals surface area contributed by atoms with E-state index in [4.69, 9.17) is 47.2 Å². The summed E-state index contributed by atoms with van der Waals surface area (Å²) in [4.78, 5) is 26.4. The van der Waals surface area contributed by atoms with Crippen LogP contribution in [0.15, 0.2) is 204 Å². The Hall–Kier alpha value is -12.2. The zero-order chi connectivity index (χ0) is 73.1. The molecule has 0 radical (unpaired) electrons. The minimum Gasteiger partial charge on any atom is -0.461 e. The van der Waals surface area contributed by atoms with E-state index in [0.717, 1.165) is 27.6 Å². The Morgan fingerprint density at radius 3 is 1.00 bits per heavy atom. The van der Waals surface area contributed by atoms with Crippen LogP contribution in [-0.4, -0.2) is 149 Å². The van der Waals surface area contributed by atoms with Gasteiger partial charge in [0.15, 0.2) is 51.2 Å². The summed E-state index contributed by atoms with van der Waals surface area (Å²) in [6.07, 6.45) is 9.41. The van der Waals surface area contributed by atoms with Crippen molar-refractivity contribution in [3.8, 4) is 34.8 Å². The average Bonchev–Trinajstić information content (AvgIpc) is 1.62. The van der Waals surface area contributed by atoms with Gasteiger partial charge in [-0.05, 0) is 113 Å². The summed E-state index contributed by atoms with van der Waals surface area (Å²) in [5.41, 5.74) is 24.7. The molecule has 12 aromatic heterocycles. The zero-order valence-electron chi connectivity index (χ0n) is 55.0. The molecule has 16 rings (SSSR count). The molecule has 4 aromatic carbocycles. The number of fused-ring (bicyclic) bond motifs is 9. The maximum Gasteiger partial charge on any atom is 0.297 e. The van der Waals surface area contributed by atoms with Crippen molar-refractivity contribution in [1.29, 1.82) is 0 Å². The van der Waals surface area contributed by atoms with Gasteiger partial charge in [-0.1, -0.05) is 70.8 Å². The molecule has 0 bridgehead atoms. The van der Waals surface area contributed by atoms with Gasteiger partial charge in [0.2, 0.25) is 35.3 Å². The third-order valence-corrected chi connectivity index (χ3v) is 20.5. The number of rotatable bonds is 20. The number of anilines is 3. The van der Waals surface area contributed by atoms with E-state index in [1.165, 1.54) is 84.0 Å². The molecule has 0 saturated carbocycles. The van der Waals surface area contributed by atoms with Gasteiger partial charge in [-0.25, -0.2) is 24.3 Å². The Morgan fingerprint density at radius 1 is 0.375 bits per heavy atom. The van der Waals surface area contributed by atoms with Crippen LogP contribution in [0.5, 0.6) is 0 Å². The molecule has 16 aromatic rings.